The first-order valence-corrected chi connectivity index (χ1v) is 21.9. The molecule has 8 nitrogen and oxygen atoms in total. The fraction of sp³-hybridized carbons (Fsp3) is 0.659. The van der Waals surface area contributed by atoms with Gasteiger partial charge in [-0.25, -0.2) is 0 Å². The van der Waals surface area contributed by atoms with Crippen LogP contribution in [0, 0.1) is 0 Å². The highest BCUT2D eigenvalue weighted by atomic mass is 31.2. The Morgan fingerprint density at radius 2 is 1.17 bits per heavy atom. The van der Waals surface area contributed by atoms with Crippen molar-refractivity contribution in [3.8, 4) is 0 Å². The number of aliphatic hydroxyl groups excluding tert-OH is 1. The molecule has 0 aliphatic carbocycles. The molecule has 0 radical (unpaired) electrons. The second-order valence-electron chi connectivity index (χ2n) is 14.6. The minimum Gasteiger partial charge on any atom is -0.756 e. The van der Waals surface area contributed by atoms with Gasteiger partial charge < -0.3 is 28.8 Å². The van der Waals surface area contributed by atoms with Crippen LogP contribution in [0.25, 0.3) is 0 Å². The minimum absolute atomic E-state index is 0.0217. The van der Waals surface area contributed by atoms with Crippen molar-refractivity contribution in [3.63, 3.8) is 0 Å². The van der Waals surface area contributed by atoms with E-state index in [2.05, 4.69) is 92.1 Å². The molecule has 0 aliphatic heterocycles. The molecule has 1 amide bonds. The monoisotopic (exact) mass is 761 g/mol. The van der Waals surface area contributed by atoms with Crippen LogP contribution in [0.3, 0.4) is 0 Å². The summed E-state index contributed by atoms with van der Waals surface area (Å²) in [5.74, 6) is -0.269. The van der Waals surface area contributed by atoms with Crippen molar-refractivity contribution in [2.24, 2.45) is 0 Å². The predicted octanol–water partition coefficient (Wildman–Crippen LogP) is 10.4. The van der Waals surface area contributed by atoms with E-state index in [0.717, 1.165) is 57.8 Å². The van der Waals surface area contributed by atoms with Crippen LogP contribution in [0.4, 0.5) is 0 Å². The second kappa shape index (κ2) is 35.4. The van der Waals surface area contributed by atoms with Gasteiger partial charge in [0.2, 0.25) is 5.91 Å². The minimum atomic E-state index is -4.61. The van der Waals surface area contributed by atoms with E-state index in [-0.39, 0.29) is 18.9 Å². The van der Waals surface area contributed by atoms with Gasteiger partial charge in [-0.1, -0.05) is 144 Å². The molecule has 0 aliphatic rings. The molecule has 0 saturated carbocycles. The van der Waals surface area contributed by atoms with Gasteiger partial charge in [0.15, 0.2) is 0 Å². The molecule has 304 valence electrons. The quantitative estimate of drug-likeness (QED) is 0.0288. The summed E-state index contributed by atoms with van der Waals surface area (Å²) in [4.78, 5) is 25.2. The van der Waals surface area contributed by atoms with Gasteiger partial charge in [0.1, 0.15) is 13.2 Å². The molecular weight excluding hydrogens is 683 g/mol. The topological polar surface area (TPSA) is 108 Å². The predicted molar refractivity (Wildman–Crippen MR) is 223 cm³/mol. The molecular formula is C44H77N2O6P. The first-order valence-electron chi connectivity index (χ1n) is 20.4. The normalized spacial score (nSPS) is 15.4. The molecule has 0 saturated heterocycles. The number of hydrogen-bond donors (Lipinski definition) is 2. The summed E-state index contributed by atoms with van der Waals surface area (Å²) in [5.41, 5.74) is 0. The number of nitrogens with zero attached hydrogens (tertiary/aromatic N) is 1. The third-order valence-corrected chi connectivity index (χ3v) is 9.30. The van der Waals surface area contributed by atoms with E-state index in [1.54, 1.807) is 6.08 Å². The number of unbranched alkanes of at least 4 members (excludes halogenated alkanes) is 10. The Morgan fingerprint density at radius 1 is 0.679 bits per heavy atom. The van der Waals surface area contributed by atoms with Gasteiger partial charge in [-0.05, 0) is 70.6 Å². The first-order chi connectivity index (χ1) is 25.5. The Bertz CT molecular complexity index is 1140. The van der Waals surface area contributed by atoms with Crippen molar-refractivity contribution in [1.29, 1.82) is 0 Å². The Kier molecular flexibility index (Phi) is 33.8. The van der Waals surface area contributed by atoms with Gasteiger partial charge in [-0.3, -0.25) is 9.36 Å². The van der Waals surface area contributed by atoms with Crippen molar-refractivity contribution in [3.05, 3.63) is 85.1 Å². The lowest BCUT2D eigenvalue weighted by atomic mass is 10.1. The number of aliphatic hydroxyl groups is 1. The Labute approximate surface area is 325 Å². The highest BCUT2D eigenvalue weighted by Crippen LogP contribution is 2.38. The zero-order valence-corrected chi connectivity index (χ0v) is 35.1. The second-order valence-corrected chi connectivity index (χ2v) is 16.0. The fourth-order valence-corrected chi connectivity index (χ4v) is 5.81. The highest BCUT2D eigenvalue weighted by Gasteiger charge is 2.23. The number of amides is 1. The third kappa shape index (κ3) is 37.8. The first kappa shape index (κ1) is 50.7. The zero-order chi connectivity index (χ0) is 39.3. The molecule has 9 heteroatoms. The fourth-order valence-electron chi connectivity index (χ4n) is 5.08. The molecule has 53 heavy (non-hydrogen) atoms. The van der Waals surface area contributed by atoms with Crippen LogP contribution >= 0.6 is 7.82 Å². The Hall–Kier alpha value is -2.32. The van der Waals surface area contributed by atoms with E-state index in [4.69, 9.17) is 9.05 Å². The van der Waals surface area contributed by atoms with Crippen molar-refractivity contribution in [1.82, 2.24) is 5.32 Å². The number of carbonyl (C=O) groups excluding carboxylic acids is 1. The van der Waals surface area contributed by atoms with Crippen molar-refractivity contribution in [2.45, 2.75) is 148 Å². The summed E-state index contributed by atoms with van der Waals surface area (Å²) in [6.45, 7) is 4.42. The summed E-state index contributed by atoms with van der Waals surface area (Å²) in [7, 11) is 1.19. The number of hydrogen-bond acceptors (Lipinski definition) is 6. The molecule has 0 heterocycles. The number of allylic oxidation sites excluding steroid dienone is 13. The van der Waals surface area contributed by atoms with Crippen LogP contribution < -0.4 is 10.2 Å². The summed E-state index contributed by atoms with van der Waals surface area (Å²) in [6.07, 6.45) is 47.8. The third-order valence-electron chi connectivity index (χ3n) is 8.34. The standard InChI is InChI=1S/C44H77N2O6P/c1-6-8-10-12-14-16-18-20-22-23-24-26-28-30-32-34-36-38-44(48)45-42(41-52-53(49,50)51-40-39-46(3,4)5)43(47)37-35-33-31-29-27-25-21-19-17-15-13-11-9-7-2/h8,10,14,16,20,22,24,26-27,29-30,32,35,37,42-43,47H,6-7,9,11-13,15,17-19,21,23,25,28,31,33-34,36,38-41H2,1-5H3,(H-,45,48,49,50)/b10-8-,16-14-,22-20-,26-24-,29-27+,32-30-,37-35+. The van der Waals surface area contributed by atoms with E-state index in [0.29, 0.717) is 17.4 Å². The van der Waals surface area contributed by atoms with E-state index in [9.17, 15) is 19.4 Å². The van der Waals surface area contributed by atoms with E-state index in [1.807, 2.05) is 27.2 Å². The largest absolute Gasteiger partial charge is 0.756 e. The van der Waals surface area contributed by atoms with Gasteiger partial charge in [-0.15, -0.1) is 0 Å². The molecule has 0 fully saturated rings. The van der Waals surface area contributed by atoms with Crippen molar-refractivity contribution < 1.29 is 32.9 Å². The van der Waals surface area contributed by atoms with Crippen LogP contribution in [0.1, 0.15) is 136 Å². The number of rotatable bonds is 35. The molecule has 3 unspecified atom stereocenters. The van der Waals surface area contributed by atoms with E-state index < -0.39 is 26.6 Å². The number of likely N-dealkylation sites (N-methyl/N-ethyl adjacent to an activating group) is 1. The van der Waals surface area contributed by atoms with Gasteiger partial charge in [0.05, 0.1) is 39.9 Å². The maximum atomic E-state index is 12.8. The SMILES string of the molecule is CC/C=C\C/C=C\C/C=C\C/C=C\C/C=C\CCCC(=O)NC(COP(=O)([O-])OCC[N+](C)(C)C)C(O)/C=C/CC/C=C/CCCCCCCCCC. The van der Waals surface area contributed by atoms with Crippen LogP contribution in [0.2, 0.25) is 0 Å². The average molecular weight is 761 g/mol. The average Bonchev–Trinajstić information content (AvgIpc) is 3.10. The van der Waals surface area contributed by atoms with Crippen LogP contribution in [-0.4, -0.2) is 68.5 Å². The Morgan fingerprint density at radius 3 is 1.75 bits per heavy atom. The molecule has 2 N–H and O–H groups in total. The van der Waals surface area contributed by atoms with Gasteiger partial charge in [-0.2, -0.15) is 0 Å². The summed E-state index contributed by atoms with van der Waals surface area (Å²) in [6, 6.07) is -0.936. The van der Waals surface area contributed by atoms with Gasteiger partial charge in [0.25, 0.3) is 7.82 Å². The van der Waals surface area contributed by atoms with Gasteiger partial charge >= 0.3 is 0 Å². The summed E-state index contributed by atoms with van der Waals surface area (Å²) < 4.78 is 23.1. The maximum absolute atomic E-state index is 12.8. The molecule has 0 spiro atoms. The molecule has 3 atom stereocenters. The van der Waals surface area contributed by atoms with Crippen molar-refractivity contribution in [2.75, 3.05) is 40.9 Å². The molecule has 0 bridgehead atoms. The number of nitrogens with one attached hydrogen (secondary N) is 1. The molecule has 0 aromatic heterocycles. The lowest BCUT2D eigenvalue weighted by molar-refractivity contribution is -0.870. The van der Waals surface area contributed by atoms with Crippen LogP contribution in [0.5, 0.6) is 0 Å². The van der Waals surface area contributed by atoms with Crippen molar-refractivity contribution >= 4 is 13.7 Å². The Balaban J connectivity index is 4.67. The molecule has 0 aromatic carbocycles. The maximum Gasteiger partial charge on any atom is 0.268 e. The number of carbonyl (C=O) groups is 1. The summed E-state index contributed by atoms with van der Waals surface area (Å²) in [5, 5.41) is 13.7. The highest BCUT2D eigenvalue weighted by molar-refractivity contribution is 7.45. The van der Waals surface area contributed by atoms with Crippen LogP contribution in [0.15, 0.2) is 85.1 Å². The molecule has 0 rings (SSSR count). The number of phosphoric acid groups is 1. The lowest BCUT2D eigenvalue weighted by Gasteiger charge is -2.29. The smallest absolute Gasteiger partial charge is 0.268 e. The summed E-state index contributed by atoms with van der Waals surface area (Å²) >= 11 is 0. The number of phosphoric ester groups is 1. The van der Waals surface area contributed by atoms with Gasteiger partial charge in [0, 0.05) is 6.42 Å². The van der Waals surface area contributed by atoms with E-state index in [1.165, 1.54) is 51.4 Å². The lowest BCUT2D eigenvalue weighted by Crippen LogP contribution is -2.45. The van der Waals surface area contributed by atoms with Crippen LogP contribution in [-0.2, 0) is 18.4 Å². The number of quaternary nitrogens is 1. The van der Waals surface area contributed by atoms with E-state index >= 15 is 0 Å². The zero-order valence-electron chi connectivity index (χ0n) is 34.2. The molecule has 0 aromatic rings.